The Kier molecular flexibility index (Phi) is 4.00. The van der Waals surface area contributed by atoms with Crippen molar-refractivity contribution in [3.8, 4) is 0 Å². The van der Waals surface area contributed by atoms with Gasteiger partial charge in [-0.3, -0.25) is 15.0 Å². The van der Waals surface area contributed by atoms with Crippen molar-refractivity contribution in [3.05, 3.63) is 100 Å². The van der Waals surface area contributed by atoms with Crippen LogP contribution in [-0.2, 0) is 20.3 Å². The topological polar surface area (TPSA) is 89.8 Å². The fraction of sp³-hybridized carbons (Fsp3) is 0.182. The number of non-ortho nitro benzene ring substituents is 1. The van der Waals surface area contributed by atoms with Crippen LogP contribution in [-0.4, -0.2) is 18.6 Å². The summed E-state index contributed by atoms with van der Waals surface area (Å²) in [7, 11) is -3.91. The van der Waals surface area contributed by atoms with Gasteiger partial charge in [-0.25, -0.2) is 13.5 Å². The molecule has 5 rings (SSSR count). The van der Waals surface area contributed by atoms with Crippen molar-refractivity contribution >= 4 is 21.2 Å². The van der Waals surface area contributed by atoms with Crippen LogP contribution in [0, 0.1) is 10.1 Å². The van der Waals surface area contributed by atoms with E-state index < -0.39 is 31.7 Å². The molecule has 0 saturated carbocycles. The maximum Gasteiger partial charge on any atom is 0.270 e. The Morgan fingerprint density at radius 3 is 2.27 bits per heavy atom. The van der Waals surface area contributed by atoms with Gasteiger partial charge in [-0.1, -0.05) is 48.5 Å². The molecule has 0 amide bonds. The van der Waals surface area contributed by atoms with E-state index in [4.69, 9.17) is 4.84 Å². The lowest BCUT2D eigenvalue weighted by molar-refractivity contribution is -0.385. The number of nitrogens with zero attached hydrogens (tertiary/aromatic N) is 2. The molecule has 30 heavy (non-hydrogen) atoms. The molecule has 3 unspecified atom stereocenters. The number of fused-ring (bicyclic) bond motifs is 3. The van der Waals surface area contributed by atoms with Gasteiger partial charge in [0.05, 0.1) is 15.5 Å². The molecule has 7 nitrogen and oxygen atoms in total. The summed E-state index contributed by atoms with van der Waals surface area (Å²) in [6.07, 6.45) is 0. The van der Waals surface area contributed by atoms with Crippen molar-refractivity contribution in [1.29, 1.82) is 0 Å². The van der Waals surface area contributed by atoms with Crippen molar-refractivity contribution < 1.29 is 18.2 Å². The molecule has 2 heterocycles. The van der Waals surface area contributed by atoms with Crippen LogP contribution in [0.25, 0.3) is 0 Å². The van der Waals surface area contributed by atoms with Crippen molar-refractivity contribution in [2.45, 2.75) is 28.7 Å². The van der Waals surface area contributed by atoms with Gasteiger partial charge in [0, 0.05) is 17.7 Å². The SMILES string of the molecule is CC12ON(c3ccccc3)C(c3ccccc3)C1S(=O)(=O)c1cc([N+](=O)[O-])ccc12. The van der Waals surface area contributed by atoms with E-state index in [0.717, 1.165) is 17.3 Å². The number of hydrogen-bond acceptors (Lipinski definition) is 6. The molecular formula is C22H18N2O5S. The van der Waals surface area contributed by atoms with Gasteiger partial charge < -0.3 is 0 Å². The minimum absolute atomic E-state index is 0.0298. The maximum atomic E-state index is 13.7. The molecule has 2 aliphatic rings. The van der Waals surface area contributed by atoms with E-state index in [0.29, 0.717) is 5.56 Å². The fourth-order valence-electron chi connectivity index (χ4n) is 4.56. The molecule has 1 saturated heterocycles. The van der Waals surface area contributed by atoms with Gasteiger partial charge >= 0.3 is 0 Å². The molecule has 2 aliphatic heterocycles. The van der Waals surface area contributed by atoms with Crippen LogP contribution in [0.2, 0.25) is 0 Å². The molecule has 0 N–H and O–H groups in total. The van der Waals surface area contributed by atoms with E-state index >= 15 is 0 Å². The van der Waals surface area contributed by atoms with Gasteiger partial charge in [0.25, 0.3) is 5.69 Å². The summed E-state index contributed by atoms with van der Waals surface area (Å²) in [4.78, 5) is 17.0. The second-order valence-corrected chi connectivity index (χ2v) is 9.66. The van der Waals surface area contributed by atoms with E-state index in [2.05, 4.69) is 0 Å². The standard InChI is InChI=1S/C22H18N2O5S/c1-22-18-13-12-17(24(25)26)14-19(18)30(27,28)21(22)20(15-8-4-2-5-9-15)23(29-22)16-10-6-3-7-11-16/h2-14,20-21H,1H3. The number of hydroxylamine groups is 1. The Morgan fingerprint density at radius 1 is 1.00 bits per heavy atom. The quantitative estimate of drug-likeness (QED) is 0.465. The largest absolute Gasteiger partial charge is 0.270 e. The number of hydrogen-bond donors (Lipinski definition) is 0. The van der Waals surface area contributed by atoms with Crippen LogP contribution in [0.15, 0.2) is 83.8 Å². The van der Waals surface area contributed by atoms with Crippen LogP contribution < -0.4 is 5.06 Å². The molecular weight excluding hydrogens is 404 g/mol. The lowest BCUT2D eigenvalue weighted by Crippen LogP contribution is -2.35. The average Bonchev–Trinajstić information content (AvgIpc) is 3.17. The van der Waals surface area contributed by atoms with Crippen molar-refractivity contribution in [3.63, 3.8) is 0 Å². The molecule has 0 spiro atoms. The first-order chi connectivity index (χ1) is 14.3. The monoisotopic (exact) mass is 422 g/mol. The number of benzene rings is 3. The Hall–Kier alpha value is -3.23. The van der Waals surface area contributed by atoms with Crippen molar-refractivity contribution in [2.75, 3.05) is 5.06 Å². The Labute approximate surface area is 173 Å². The van der Waals surface area contributed by atoms with Crippen LogP contribution in [0.1, 0.15) is 24.1 Å². The molecule has 0 aromatic heterocycles. The third-order valence-corrected chi connectivity index (χ3v) is 8.20. The fourth-order valence-corrected chi connectivity index (χ4v) is 7.07. The minimum Gasteiger partial charge on any atom is -0.260 e. The number of anilines is 1. The van der Waals surface area contributed by atoms with E-state index in [1.165, 1.54) is 12.1 Å². The summed E-state index contributed by atoms with van der Waals surface area (Å²) in [6.45, 7) is 1.74. The predicted molar refractivity (Wildman–Crippen MR) is 111 cm³/mol. The highest BCUT2D eigenvalue weighted by molar-refractivity contribution is 7.92. The number of nitro groups is 1. The third kappa shape index (κ3) is 2.50. The molecule has 0 bridgehead atoms. The van der Waals surface area contributed by atoms with E-state index in [-0.39, 0.29) is 10.6 Å². The highest BCUT2D eigenvalue weighted by atomic mass is 32.2. The lowest BCUT2D eigenvalue weighted by Gasteiger charge is -2.28. The smallest absolute Gasteiger partial charge is 0.260 e. The van der Waals surface area contributed by atoms with Gasteiger partial charge in [0.15, 0.2) is 9.84 Å². The average molecular weight is 422 g/mol. The summed E-state index contributed by atoms with van der Waals surface area (Å²) in [6, 6.07) is 22.0. The number of sulfone groups is 1. The Balaban J connectivity index is 1.75. The van der Waals surface area contributed by atoms with Crippen LogP contribution in [0.3, 0.4) is 0 Å². The Bertz CT molecular complexity index is 1250. The van der Waals surface area contributed by atoms with E-state index in [1.807, 2.05) is 60.7 Å². The van der Waals surface area contributed by atoms with Gasteiger partial charge in [0.1, 0.15) is 16.9 Å². The molecule has 3 aromatic carbocycles. The summed E-state index contributed by atoms with van der Waals surface area (Å²) in [5.41, 5.74) is 0.538. The molecule has 1 fully saturated rings. The molecule has 0 radical (unpaired) electrons. The van der Waals surface area contributed by atoms with Crippen LogP contribution in [0.5, 0.6) is 0 Å². The normalized spacial score (nSPS) is 26.2. The summed E-state index contributed by atoms with van der Waals surface area (Å²) < 4.78 is 27.4. The molecule has 3 atom stereocenters. The second kappa shape index (κ2) is 6.38. The molecule has 3 aromatic rings. The predicted octanol–water partition coefficient (Wildman–Crippen LogP) is 4.16. The lowest BCUT2D eigenvalue weighted by atomic mass is 9.87. The maximum absolute atomic E-state index is 13.7. The molecule has 152 valence electrons. The first-order valence-electron chi connectivity index (χ1n) is 9.45. The van der Waals surface area contributed by atoms with Gasteiger partial charge in [-0.2, -0.15) is 0 Å². The van der Waals surface area contributed by atoms with Crippen LogP contribution >= 0.6 is 0 Å². The van der Waals surface area contributed by atoms with E-state index in [1.54, 1.807) is 12.0 Å². The number of rotatable bonds is 3. The van der Waals surface area contributed by atoms with Gasteiger partial charge in [-0.05, 0) is 30.7 Å². The van der Waals surface area contributed by atoms with E-state index in [9.17, 15) is 18.5 Å². The first kappa shape index (κ1) is 18.8. The Morgan fingerprint density at radius 2 is 1.63 bits per heavy atom. The summed E-state index contributed by atoms with van der Waals surface area (Å²) >= 11 is 0. The second-order valence-electron chi connectivity index (χ2n) is 7.62. The zero-order valence-corrected chi connectivity index (χ0v) is 16.8. The van der Waals surface area contributed by atoms with Gasteiger partial charge in [-0.15, -0.1) is 0 Å². The first-order valence-corrected chi connectivity index (χ1v) is 11.0. The molecule has 0 aliphatic carbocycles. The van der Waals surface area contributed by atoms with Crippen molar-refractivity contribution in [2.24, 2.45) is 0 Å². The zero-order chi connectivity index (χ0) is 21.1. The zero-order valence-electron chi connectivity index (χ0n) is 16.0. The highest BCUT2D eigenvalue weighted by Gasteiger charge is 2.65. The number of nitro benzene ring substituents is 1. The van der Waals surface area contributed by atoms with Crippen molar-refractivity contribution in [1.82, 2.24) is 0 Å². The number of para-hydroxylation sites is 1. The summed E-state index contributed by atoms with van der Waals surface area (Å²) in [5.74, 6) is 0. The highest BCUT2D eigenvalue weighted by Crippen LogP contribution is 2.58. The van der Waals surface area contributed by atoms with Gasteiger partial charge in [0.2, 0.25) is 0 Å². The van der Waals surface area contributed by atoms with Crippen LogP contribution in [0.4, 0.5) is 11.4 Å². The minimum atomic E-state index is -3.91. The third-order valence-electron chi connectivity index (χ3n) is 5.87. The molecule has 8 heteroatoms. The summed E-state index contributed by atoms with van der Waals surface area (Å²) in [5, 5.41) is 11.9.